The number of carbonyl (C=O) groups excluding carboxylic acids is 1. The van der Waals surface area contributed by atoms with Gasteiger partial charge in [-0.1, -0.05) is 0 Å². The van der Waals surface area contributed by atoms with Crippen LogP contribution in [-0.2, 0) is 4.79 Å². The third-order valence-electron chi connectivity index (χ3n) is 3.28. The number of nitrogens with zero attached hydrogens (tertiary/aromatic N) is 1. The predicted molar refractivity (Wildman–Crippen MR) is 60.4 cm³/mol. The van der Waals surface area contributed by atoms with Crippen molar-refractivity contribution >= 4 is 18.3 Å². The number of hydrogen-bond acceptors (Lipinski definition) is 3. The van der Waals surface area contributed by atoms with E-state index in [1.165, 1.54) is 0 Å². The summed E-state index contributed by atoms with van der Waals surface area (Å²) in [7, 11) is 0. The van der Waals surface area contributed by atoms with Crippen molar-refractivity contribution in [2.45, 2.75) is 24.8 Å². The van der Waals surface area contributed by atoms with Crippen molar-refractivity contribution in [2.75, 3.05) is 26.2 Å². The average Bonchev–Trinajstić information content (AvgIpc) is 2.83. The minimum atomic E-state index is -2.85. The van der Waals surface area contributed by atoms with Crippen LogP contribution in [0.5, 0.6) is 0 Å². The Kier molecular flexibility index (Phi) is 4.69. The van der Waals surface area contributed by atoms with Gasteiger partial charge in [0.15, 0.2) is 0 Å². The highest BCUT2D eigenvalue weighted by molar-refractivity contribution is 5.85. The van der Waals surface area contributed by atoms with E-state index in [4.69, 9.17) is 5.11 Å². The van der Waals surface area contributed by atoms with Gasteiger partial charge >= 0.3 is 0 Å². The molecule has 2 aliphatic rings. The van der Waals surface area contributed by atoms with Crippen molar-refractivity contribution < 1.29 is 18.7 Å². The Hall–Kier alpha value is -0.460. The summed E-state index contributed by atoms with van der Waals surface area (Å²) in [6.45, 7) is 0.374. The van der Waals surface area contributed by atoms with Crippen molar-refractivity contribution in [3.05, 3.63) is 0 Å². The van der Waals surface area contributed by atoms with Gasteiger partial charge in [0.05, 0.1) is 25.1 Å². The van der Waals surface area contributed by atoms with Crippen LogP contribution in [0.3, 0.4) is 0 Å². The second kappa shape index (κ2) is 5.46. The molecule has 2 N–H and O–H groups in total. The van der Waals surface area contributed by atoms with Crippen LogP contribution in [0.15, 0.2) is 0 Å². The molecule has 0 spiro atoms. The first kappa shape index (κ1) is 14.6. The standard InChI is InChI=1S/C10H16F2N2O2.ClH/c11-10(12)3-8(5-15)14(6-10)9(16)7-1-2-13-4-7;/h7-8,13,15H,1-6H2;1H/t7-,8+;/m1./s1. The Morgan fingerprint density at radius 1 is 1.53 bits per heavy atom. The summed E-state index contributed by atoms with van der Waals surface area (Å²) in [6, 6.07) is -0.719. The van der Waals surface area contributed by atoms with Gasteiger partial charge in [-0.15, -0.1) is 12.4 Å². The molecule has 0 saturated carbocycles. The Morgan fingerprint density at radius 2 is 2.24 bits per heavy atom. The second-order valence-electron chi connectivity index (χ2n) is 4.55. The predicted octanol–water partition coefficient (Wildman–Crippen LogP) is 0.246. The van der Waals surface area contributed by atoms with Gasteiger partial charge in [0.2, 0.25) is 5.91 Å². The zero-order valence-electron chi connectivity index (χ0n) is 9.36. The number of amides is 1. The maximum atomic E-state index is 13.2. The highest BCUT2D eigenvalue weighted by atomic mass is 35.5. The zero-order valence-corrected chi connectivity index (χ0v) is 10.2. The number of nitrogens with one attached hydrogen (secondary N) is 1. The molecule has 0 unspecified atom stereocenters. The molecule has 7 heteroatoms. The lowest BCUT2D eigenvalue weighted by Crippen LogP contribution is -2.42. The number of alkyl halides is 2. The monoisotopic (exact) mass is 270 g/mol. The summed E-state index contributed by atoms with van der Waals surface area (Å²) in [5.74, 6) is -3.31. The molecule has 0 aromatic carbocycles. The molecular weight excluding hydrogens is 254 g/mol. The van der Waals surface area contributed by atoms with E-state index in [2.05, 4.69) is 5.32 Å². The molecule has 0 aromatic heterocycles. The largest absolute Gasteiger partial charge is 0.394 e. The Labute approximate surface area is 105 Å². The average molecular weight is 271 g/mol. The first-order valence-electron chi connectivity index (χ1n) is 5.53. The molecule has 0 bridgehead atoms. The van der Waals surface area contributed by atoms with Crippen molar-refractivity contribution in [1.29, 1.82) is 0 Å². The smallest absolute Gasteiger partial charge is 0.267 e. The Bertz CT molecular complexity index is 285. The van der Waals surface area contributed by atoms with Crippen LogP contribution in [0, 0.1) is 5.92 Å². The van der Waals surface area contributed by atoms with E-state index in [1.807, 2.05) is 0 Å². The summed E-state index contributed by atoms with van der Waals surface area (Å²) < 4.78 is 26.3. The lowest BCUT2D eigenvalue weighted by molar-refractivity contribution is -0.137. The van der Waals surface area contributed by atoms with Crippen LogP contribution in [0.4, 0.5) is 8.78 Å². The number of aliphatic hydroxyl groups is 1. The van der Waals surface area contributed by atoms with Crippen LogP contribution in [0.2, 0.25) is 0 Å². The molecule has 2 fully saturated rings. The lowest BCUT2D eigenvalue weighted by atomic mass is 10.1. The van der Waals surface area contributed by atoms with Crippen molar-refractivity contribution in [1.82, 2.24) is 10.2 Å². The fourth-order valence-corrected chi connectivity index (χ4v) is 2.42. The molecule has 0 aromatic rings. The van der Waals surface area contributed by atoms with Gasteiger partial charge in [-0.2, -0.15) is 0 Å². The molecule has 100 valence electrons. The van der Waals surface area contributed by atoms with E-state index < -0.39 is 24.9 Å². The quantitative estimate of drug-likeness (QED) is 0.756. The number of aliphatic hydroxyl groups excluding tert-OH is 1. The molecule has 17 heavy (non-hydrogen) atoms. The molecule has 1 amide bonds. The number of carbonyl (C=O) groups is 1. The number of halogens is 3. The first-order valence-corrected chi connectivity index (χ1v) is 5.53. The van der Waals surface area contributed by atoms with Crippen LogP contribution >= 0.6 is 12.4 Å². The molecule has 2 saturated heterocycles. The van der Waals surface area contributed by atoms with Crippen molar-refractivity contribution in [3.63, 3.8) is 0 Å². The number of hydrogen-bond donors (Lipinski definition) is 2. The third-order valence-corrected chi connectivity index (χ3v) is 3.28. The van der Waals surface area contributed by atoms with E-state index in [9.17, 15) is 13.6 Å². The molecule has 2 rings (SSSR count). The normalized spacial score (nSPS) is 31.4. The van der Waals surface area contributed by atoms with E-state index in [0.29, 0.717) is 13.0 Å². The number of rotatable bonds is 2. The maximum Gasteiger partial charge on any atom is 0.267 e. The fraction of sp³-hybridized carbons (Fsp3) is 0.900. The SMILES string of the molecule is Cl.O=C([C@@H]1CCNC1)N1CC(F)(F)C[C@H]1CO. The van der Waals surface area contributed by atoms with E-state index in [0.717, 1.165) is 11.4 Å². The number of likely N-dealkylation sites (tertiary alicyclic amines) is 1. The molecule has 0 aliphatic carbocycles. The van der Waals surface area contributed by atoms with Gasteiger partial charge in [0.25, 0.3) is 5.92 Å². The fourth-order valence-electron chi connectivity index (χ4n) is 2.42. The molecule has 2 heterocycles. The maximum absolute atomic E-state index is 13.2. The molecule has 2 atom stereocenters. The van der Waals surface area contributed by atoms with Crippen LogP contribution in [0.1, 0.15) is 12.8 Å². The lowest BCUT2D eigenvalue weighted by Gasteiger charge is -2.25. The van der Waals surface area contributed by atoms with Gasteiger partial charge < -0.3 is 15.3 Å². The van der Waals surface area contributed by atoms with Gasteiger partial charge in [-0.25, -0.2) is 8.78 Å². The Morgan fingerprint density at radius 3 is 2.76 bits per heavy atom. The minimum absolute atomic E-state index is 0. The summed E-state index contributed by atoms with van der Waals surface area (Å²) in [5, 5.41) is 12.1. The molecule has 4 nitrogen and oxygen atoms in total. The van der Waals surface area contributed by atoms with E-state index >= 15 is 0 Å². The Balaban J connectivity index is 0.00000144. The topological polar surface area (TPSA) is 52.6 Å². The van der Waals surface area contributed by atoms with Gasteiger partial charge in [-0.05, 0) is 13.0 Å². The van der Waals surface area contributed by atoms with Crippen LogP contribution < -0.4 is 5.32 Å². The zero-order chi connectivity index (χ0) is 11.8. The molecular formula is C10H17ClF2N2O2. The van der Waals surface area contributed by atoms with Crippen molar-refractivity contribution in [3.8, 4) is 0 Å². The summed E-state index contributed by atoms with van der Waals surface area (Å²) >= 11 is 0. The summed E-state index contributed by atoms with van der Waals surface area (Å²) in [5.41, 5.74) is 0. The minimum Gasteiger partial charge on any atom is -0.394 e. The van der Waals surface area contributed by atoms with Crippen LogP contribution in [0.25, 0.3) is 0 Å². The van der Waals surface area contributed by atoms with Crippen molar-refractivity contribution in [2.24, 2.45) is 5.92 Å². The summed E-state index contributed by atoms with van der Waals surface area (Å²) in [4.78, 5) is 13.1. The molecule has 2 aliphatic heterocycles. The highest BCUT2D eigenvalue weighted by Gasteiger charge is 2.47. The first-order chi connectivity index (χ1) is 7.53. The van der Waals surface area contributed by atoms with Gasteiger partial charge in [0.1, 0.15) is 0 Å². The third kappa shape index (κ3) is 3.05. The van der Waals surface area contributed by atoms with E-state index in [-0.39, 0.29) is 30.8 Å². The second-order valence-corrected chi connectivity index (χ2v) is 4.55. The van der Waals surface area contributed by atoms with Gasteiger partial charge in [-0.3, -0.25) is 4.79 Å². The van der Waals surface area contributed by atoms with Gasteiger partial charge in [0, 0.05) is 13.0 Å². The van der Waals surface area contributed by atoms with Crippen LogP contribution in [-0.4, -0.2) is 54.1 Å². The highest BCUT2D eigenvalue weighted by Crippen LogP contribution is 2.33. The van der Waals surface area contributed by atoms with E-state index in [1.54, 1.807) is 0 Å². The summed E-state index contributed by atoms with van der Waals surface area (Å²) in [6.07, 6.45) is 0.272. The molecule has 0 radical (unpaired) electrons.